The van der Waals surface area contributed by atoms with Crippen LogP contribution < -0.4 is 0 Å². The third-order valence-electron chi connectivity index (χ3n) is 5.94. The molecule has 10 heteroatoms. The molecule has 1 fully saturated rings. The summed E-state index contributed by atoms with van der Waals surface area (Å²) < 4.78 is 51.8. The van der Waals surface area contributed by atoms with Gasteiger partial charge in [0.25, 0.3) is 0 Å². The molecule has 0 bridgehead atoms. The van der Waals surface area contributed by atoms with Gasteiger partial charge in [-0.3, -0.25) is 0 Å². The van der Waals surface area contributed by atoms with Crippen LogP contribution in [0, 0.1) is 0 Å². The van der Waals surface area contributed by atoms with E-state index in [4.69, 9.17) is 9.47 Å². The Morgan fingerprint density at radius 3 is 2.18 bits per heavy atom. The molecule has 1 N–H and O–H groups in total. The molecule has 182 valence electrons. The molecule has 34 heavy (non-hydrogen) atoms. The Bertz CT molecular complexity index is 1050. The minimum atomic E-state index is -4.46. The van der Waals surface area contributed by atoms with Crippen LogP contribution >= 0.6 is 11.8 Å². The molecule has 3 aromatic rings. The largest absolute Gasteiger partial charge is 0.416 e. The highest BCUT2D eigenvalue weighted by molar-refractivity contribution is 8.01. The first-order valence-electron chi connectivity index (χ1n) is 10.8. The van der Waals surface area contributed by atoms with Crippen molar-refractivity contribution in [3.8, 4) is 0 Å². The van der Waals surface area contributed by atoms with Gasteiger partial charge >= 0.3 is 6.18 Å². The second-order valence-corrected chi connectivity index (χ2v) is 10.6. The summed E-state index contributed by atoms with van der Waals surface area (Å²) in [5.74, 6) is 0. The van der Waals surface area contributed by atoms with E-state index in [1.807, 2.05) is 44.2 Å². The Morgan fingerprint density at radius 1 is 1.00 bits per heavy atom. The number of ether oxygens (including phenoxy) is 2. The molecule has 0 saturated carbocycles. The van der Waals surface area contributed by atoms with Crippen molar-refractivity contribution < 1.29 is 27.8 Å². The maximum Gasteiger partial charge on any atom is 0.416 e. The van der Waals surface area contributed by atoms with Crippen LogP contribution in [0.4, 0.5) is 13.2 Å². The number of aromatic nitrogens is 3. The first kappa shape index (κ1) is 24.7. The molecule has 1 saturated heterocycles. The van der Waals surface area contributed by atoms with Crippen molar-refractivity contribution in [1.29, 1.82) is 0 Å². The highest BCUT2D eigenvalue weighted by atomic mass is 32.2. The number of aliphatic hydroxyl groups is 1. The minimum Gasteiger partial charge on any atom is -0.382 e. The van der Waals surface area contributed by atoms with E-state index in [0.29, 0.717) is 18.8 Å². The maximum atomic E-state index is 13.1. The van der Waals surface area contributed by atoms with Crippen molar-refractivity contribution in [3.05, 3.63) is 83.9 Å². The monoisotopic (exact) mass is 493 g/mol. The van der Waals surface area contributed by atoms with Gasteiger partial charge in [0.1, 0.15) is 18.3 Å². The van der Waals surface area contributed by atoms with Gasteiger partial charge in [0.05, 0.1) is 30.6 Å². The lowest BCUT2D eigenvalue weighted by molar-refractivity contribution is -0.180. The van der Waals surface area contributed by atoms with Crippen LogP contribution in [-0.2, 0) is 27.8 Å². The van der Waals surface area contributed by atoms with Crippen molar-refractivity contribution in [2.75, 3.05) is 13.2 Å². The number of benzene rings is 2. The topological polar surface area (TPSA) is 69.4 Å². The van der Waals surface area contributed by atoms with Gasteiger partial charge in [0.2, 0.25) is 0 Å². The fraction of sp³-hybridized carbons (Fsp3) is 0.417. The van der Waals surface area contributed by atoms with Crippen LogP contribution in [0.1, 0.15) is 36.8 Å². The predicted octanol–water partition coefficient (Wildman–Crippen LogP) is 4.81. The van der Waals surface area contributed by atoms with Crippen LogP contribution in [0.15, 0.2) is 67.3 Å². The summed E-state index contributed by atoms with van der Waals surface area (Å²) >= 11 is 1.47. The smallest absolute Gasteiger partial charge is 0.382 e. The Kier molecular flexibility index (Phi) is 7.04. The molecule has 6 nitrogen and oxygen atoms in total. The van der Waals surface area contributed by atoms with Gasteiger partial charge in [0.15, 0.2) is 6.29 Å². The second-order valence-electron chi connectivity index (χ2n) is 8.69. The normalized spacial score (nSPS) is 21.2. The molecule has 0 aliphatic carbocycles. The van der Waals surface area contributed by atoms with Crippen molar-refractivity contribution in [1.82, 2.24) is 14.8 Å². The molecule has 1 unspecified atom stereocenters. The average molecular weight is 494 g/mol. The Hall–Kier alpha value is -2.40. The zero-order chi connectivity index (χ0) is 24.4. The lowest BCUT2D eigenvalue weighted by Crippen LogP contribution is -2.50. The SMILES string of the molecule is CC(C)(SC1COC(c2ccccc2)OC1)C(O)(Cn1cncn1)c1ccc(C(F)(F)F)cc1. The van der Waals surface area contributed by atoms with E-state index in [1.165, 1.54) is 41.2 Å². The standard InChI is InChI=1S/C24H26F3N3O3S/c1-22(2,34-20-12-32-21(33-13-20)17-6-4-3-5-7-17)23(31,14-30-16-28-15-29-30)18-8-10-19(11-9-18)24(25,26)27/h3-11,15-16,20-21,31H,12-14H2,1-2H3. The highest BCUT2D eigenvalue weighted by Gasteiger charge is 2.48. The van der Waals surface area contributed by atoms with E-state index >= 15 is 0 Å². The Morgan fingerprint density at radius 2 is 1.62 bits per heavy atom. The number of rotatable bonds is 7. The summed E-state index contributed by atoms with van der Waals surface area (Å²) in [4.78, 5) is 3.93. The van der Waals surface area contributed by atoms with Gasteiger partial charge in [-0.15, -0.1) is 11.8 Å². The number of alkyl halides is 3. The maximum absolute atomic E-state index is 13.1. The molecular formula is C24H26F3N3O3S. The molecule has 0 radical (unpaired) electrons. The first-order valence-corrected chi connectivity index (χ1v) is 11.6. The van der Waals surface area contributed by atoms with Crippen molar-refractivity contribution in [2.45, 2.75) is 48.5 Å². The van der Waals surface area contributed by atoms with E-state index in [2.05, 4.69) is 10.1 Å². The van der Waals surface area contributed by atoms with Gasteiger partial charge in [-0.05, 0) is 31.5 Å². The number of hydrogen-bond donors (Lipinski definition) is 1. The average Bonchev–Trinajstić information content (AvgIpc) is 3.32. The van der Waals surface area contributed by atoms with Gasteiger partial charge < -0.3 is 14.6 Å². The molecule has 2 aromatic carbocycles. The molecule has 0 spiro atoms. The molecule has 1 atom stereocenters. The molecule has 0 amide bonds. The van der Waals surface area contributed by atoms with Crippen LogP contribution in [0.25, 0.3) is 0 Å². The van der Waals surface area contributed by atoms with Crippen molar-refractivity contribution >= 4 is 11.8 Å². The summed E-state index contributed by atoms with van der Waals surface area (Å²) in [5.41, 5.74) is -1.05. The zero-order valence-corrected chi connectivity index (χ0v) is 19.6. The molecule has 4 rings (SSSR count). The van der Waals surface area contributed by atoms with Gasteiger partial charge in [-0.25, -0.2) is 9.67 Å². The Labute approximate surface area is 200 Å². The van der Waals surface area contributed by atoms with Crippen molar-refractivity contribution in [2.24, 2.45) is 0 Å². The predicted molar refractivity (Wildman–Crippen MR) is 122 cm³/mol. The van der Waals surface area contributed by atoms with Crippen LogP contribution in [0.5, 0.6) is 0 Å². The van der Waals surface area contributed by atoms with Gasteiger partial charge in [-0.2, -0.15) is 18.3 Å². The summed E-state index contributed by atoms with van der Waals surface area (Å²) in [6, 6.07) is 14.2. The molecular weight excluding hydrogens is 467 g/mol. The lowest BCUT2D eigenvalue weighted by atomic mass is 9.82. The fourth-order valence-corrected chi connectivity index (χ4v) is 5.49. The summed E-state index contributed by atoms with van der Waals surface area (Å²) in [6.07, 6.45) is -2.10. The number of hydrogen-bond acceptors (Lipinski definition) is 6. The van der Waals surface area contributed by atoms with E-state index in [9.17, 15) is 18.3 Å². The fourth-order valence-electron chi connectivity index (χ4n) is 3.98. The van der Waals surface area contributed by atoms with E-state index in [-0.39, 0.29) is 11.8 Å². The van der Waals surface area contributed by atoms with E-state index in [0.717, 1.165) is 17.7 Å². The Balaban J connectivity index is 1.54. The molecule has 1 aliphatic rings. The van der Waals surface area contributed by atoms with Crippen LogP contribution in [0.3, 0.4) is 0 Å². The number of halogens is 3. The summed E-state index contributed by atoms with van der Waals surface area (Å²) in [7, 11) is 0. The lowest BCUT2D eigenvalue weighted by Gasteiger charge is -2.45. The third kappa shape index (κ3) is 5.30. The number of thioether (sulfide) groups is 1. The van der Waals surface area contributed by atoms with Gasteiger partial charge in [-0.1, -0.05) is 42.5 Å². The molecule has 2 heterocycles. The zero-order valence-electron chi connectivity index (χ0n) is 18.8. The van der Waals surface area contributed by atoms with E-state index < -0.39 is 28.4 Å². The minimum absolute atomic E-state index is 0.0133. The van der Waals surface area contributed by atoms with Crippen LogP contribution in [-0.4, -0.2) is 43.1 Å². The van der Waals surface area contributed by atoms with Crippen molar-refractivity contribution in [3.63, 3.8) is 0 Å². The molecule has 1 aliphatic heterocycles. The summed E-state index contributed by atoms with van der Waals surface area (Å²) in [6.45, 7) is 4.53. The molecule has 1 aromatic heterocycles. The number of nitrogens with zero attached hydrogens (tertiary/aromatic N) is 3. The second kappa shape index (κ2) is 9.69. The van der Waals surface area contributed by atoms with Gasteiger partial charge in [0, 0.05) is 10.3 Å². The quantitative estimate of drug-likeness (QED) is 0.510. The summed E-state index contributed by atoms with van der Waals surface area (Å²) in [5, 5.41) is 16.0. The van der Waals surface area contributed by atoms with Crippen LogP contribution in [0.2, 0.25) is 0 Å². The van der Waals surface area contributed by atoms with E-state index in [1.54, 1.807) is 0 Å². The highest BCUT2D eigenvalue weighted by Crippen LogP contribution is 2.47. The first-order chi connectivity index (χ1) is 16.1. The third-order valence-corrected chi connectivity index (χ3v) is 7.48.